The normalized spacial score (nSPS) is 19.7. The molecule has 31 heavy (non-hydrogen) atoms. The lowest BCUT2D eigenvalue weighted by atomic mass is 9.86. The zero-order valence-electron chi connectivity index (χ0n) is 18.6. The van der Waals surface area contributed by atoms with Gasteiger partial charge in [0.05, 0.1) is 0 Å². The maximum absolute atomic E-state index is 13.9. The summed E-state index contributed by atoms with van der Waals surface area (Å²) in [6.07, 6.45) is 8.98. The van der Waals surface area contributed by atoms with Crippen molar-refractivity contribution in [3.63, 3.8) is 0 Å². The van der Waals surface area contributed by atoms with E-state index in [1.54, 1.807) is 24.3 Å². The molecule has 0 aliphatic carbocycles. The average molecular weight is 427 g/mol. The summed E-state index contributed by atoms with van der Waals surface area (Å²) >= 11 is 0. The van der Waals surface area contributed by atoms with E-state index >= 15 is 0 Å². The number of nitrogens with zero attached hydrogens (tertiary/aromatic N) is 2. The third kappa shape index (κ3) is 6.60. The number of benzene rings is 2. The van der Waals surface area contributed by atoms with Gasteiger partial charge in [-0.25, -0.2) is 8.78 Å². The summed E-state index contributed by atoms with van der Waals surface area (Å²) in [4.78, 5) is 4.81. The SMILES string of the molecule is Fc1ccccc1CN1CCC(CCCC2CCN(Cc3ccccc3F)CC2)CC1. The molecule has 168 valence electrons. The van der Waals surface area contributed by atoms with Gasteiger partial charge in [0.25, 0.3) is 0 Å². The van der Waals surface area contributed by atoms with Crippen molar-refractivity contribution in [3.05, 3.63) is 71.3 Å². The maximum atomic E-state index is 13.9. The van der Waals surface area contributed by atoms with Crippen molar-refractivity contribution in [2.45, 2.75) is 58.0 Å². The lowest BCUT2D eigenvalue weighted by Crippen LogP contribution is -2.34. The van der Waals surface area contributed by atoms with Crippen LogP contribution in [0.3, 0.4) is 0 Å². The fourth-order valence-electron chi connectivity index (χ4n) is 5.30. The minimum Gasteiger partial charge on any atom is -0.299 e. The monoisotopic (exact) mass is 426 g/mol. The summed E-state index contributed by atoms with van der Waals surface area (Å²) in [6, 6.07) is 14.3. The number of hydrogen-bond acceptors (Lipinski definition) is 2. The van der Waals surface area contributed by atoms with Crippen LogP contribution in [-0.4, -0.2) is 36.0 Å². The second kappa shape index (κ2) is 11.2. The van der Waals surface area contributed by atoms with Gasteiger partial charge in [-0.1, -0.05) is 55.7 Å². The molecular formula is C27H36F2N2. The Morgan fingerprint density at radius 3 is 1.39 bits per heavy atom. The van der Waals surface area contributed by atoms with Gasteiger partial charge in [0, 0.05) is 24.2 Å². The van der Waals surface area contributed by atoms with Crippen LogP contribution in [-0.2, 0) is 13.1 Å². The molecule has 4 heteroatoms. The van der Waals surface area contributed by atoms with Crippen molar-refractivity contribution < 1.29 is 8.78 Å². The summed E-state index contributed by atoms with van der Waals surface area (Å²) in [5.41, 5.74) is 1.64. The average Bonchev–Trinajstić information content (AvgIpc) is 2.79. The van der Waals surface area contributed by atoms with Gasteiger partial charge in [-0.3, -0.25) is 9.80 Å². The van der Waals surface area contributed by atoms with Crippen molar-refractivity contribution in [1.82, 2.24) is 9.80 Å². The third-order valence-corrected chi connectivity index (χ3v) is 7.34. The van der Waals surface area contributed by atoms with Crippen molar-refractivity contribution in [1.29, 1.82) is 0 Å². The van der Waals surface area contributed by atoms with Gasteiger partial charge in [-0.2, -0.15) is 0 Å². The Morgan fingerprint density at radius 1 is 0.613 bits per heavy atom. The number of hydrogen-bond donors (Lipinski definition) is 0. The number of rotatable bonds is 8. The molecule has 2 aromatic rings. The largest absolute Gasteiger partial charge is 0.299 e. The highest BCUT2D eigenvalue weighted by atomic mass is 19.1. The smallest absolute Gasteiger partial charge is 0.127 e. The quantitative estimate of drug-likeness (QED) is 0.492. The van der Waals surface area contributed by atoms with E-state index in [0.717, 1.165) is 62.2 Å². The molecule has 0 saturated carbocycles. The van der Waals surface area contributed by atoms with Gasteiger partial charge >= 0.3 is 0 Å². The summed E-state index contributed by atoms with van der Waals surface area (Å²) in [5.74, 6) is 1.50. The molecule has 0 atom stereocenters. The van der Waals surface area contributed by atoms with Crippen LogP contribution in [0.5, 0.6) is 0 Å². The van der Waals surface area contributed by atoms with Crippen molar-refractivity contribution >= 4 is 0 Å². The Balaban J connectivity index is 1.09. The van der Waals surface area contributed by atoms with Crippen LogP contribution in [0.25, 0.3) is 0 Å². The first-order valence-corrected chi connectivity index (χ1v) is 12.1. The van der Waals surface area contributed by atoms with Gasteiger partial charge in [0.2, 0.25) is 0 Å². The minimum atomic E-state index is -0.0791. The third-order valence-electron chi connectivity index (χ3n) is 7.34. The summed E-state index contributed by atoms with van der Waals surface area (Å²) in [6.45, 7) is 5.84. The summed E-state index contributed by atoms with van der Waals surface area (Å²) in [5, 5.41) is 0. The first-order valence-electron chi connectivity index (χ1n) is 12.1. The standard InChI is InChI=1S/C27H36F2N2/c28-26-10-3-1-8-24(26)20-30-16-12-22(13-17-30)6-5-7-23-14-18-31(19-15-23)21-25-9-2-4-11-27(25)29/h1-4,8-11,22-23H,5-7,12-21H2. The Hall–Kier alpha value is -1.78. The van der Waals surface area contributed by atoms with Crippen molar-refractivity contribution in [3.8, 4) is 0 Å². The molecule has 2 heterocycles. The lowest BCUT2D eigenvalue weighted by molar-refractivity contribution is 0.155. The number of likely N-dealkylation sites (tertiary alicyclic amines) is 2. The highest BCUT2D eigenvalue weighted by molar-refractivity contribution is 5.18. The molecule has 0 N–H and O–H groups in total. The van der Waals surface area contributed by atoms with Crippen LogP contribution in [0.15, 0.2) is 48.5 Å². The molecule has 2 nitrogen and oxygen atoms in total. The van der Waals surface area contributed by atoms with E-state index in [-0.39, 0.29) is 11.6 Å². The van der Waals surface area contributed by atoms with Gasteiger partial charge < -0.3 is 0 Å². The first-order chi connectivity index (χ1) is 15.2. The van der Waals surface area contributed by atoms with E-state index in [1.165, 1.54) is 44.9 Å². The van der Waals surface area contributed by atoms with Crippen LogP contribution in [0.4, 0.5) is 8.78 Å². The zero-order chi connectivity index (χ0) is 21.5. The van der Waals surface area contributed by atoms with Gasteiger partial charge in [-0.15, -0.1) is 0 Å². The van der Waals surface area contributed by atoms with Gasteiger partial charge in [0.15, 0.2) is 0 Å². The van der Waals surface area contributed by atoms with Gasteiger partial charge in [0.1, 0.15) is 11.6 Å². The molecule has 0 bridgehead atoms. The van der Waals surface area contributed by atoms with E-state index in [4.69, 9.17) is 0 Å². The molecule has 2 fully saturated rings. The highest BCUT2D eigenvalue weighted by Crippen LogP contribution is 2.28. The van der Waals surface area contributed by atoms with E-state index in [9.17, 15) is 8.78 Å². The molecule has 2 saturated heterocycles. The predicted octanol–water partition coefficient (Wildman–Crippen LogP) is 6.26. The molecular weight excluding hydrogens is 390 g/mol. The molecule has 0 unspecified atom stereocenters. The van der Waals surface area contributed by atoms with Crippen LogP contribution in [0.2, 0.25) is 0 Å². The van der Waals surface area contributed by atoms with E-state index in [1.807, 2.05) is 24.3 Å². The number of halogens is 2. The Bertz CT molecular complexity index is 741. The molecule has 2 aliphatic rings. The van der Waals surface area contributed by atoms with E-state index in [2.05, 4.69) is 9.80 Å². The van der Waals surface area contributed by atoms with Crippen LogP contribution in [0.1, 0.15) is 56.1 Å². The molecule has 0 spiro atoms. The first kappa shape index (κ1) is 22.4. The molecule has 0 aromatic heterocycles. The Labute approximate surface area is 186 Å². The van der Waals surface area contributed by atoms with Crippen molar-refractivity contribution in [2.24, 2.45) is 11.8 Å². The molecule has 2 aliphatic heterocycles. The van der Waals surface area contributed by atoms with Gasteiger partial charge in [-0.05, 0) is 75.8 Å². The fraction of sp³-hybridized carbons (Fsp3) is 0.556. The second-order valence-electron chi connectivity index (χ2n) is 9.55. The fourth-order valence-corrected chi connectivity index (χ4v) is 5.30. The van der Waals surface area contributed by atoms with Crippen LogP contribution < -0.4 is 0 Å². The number of piperidine rings is 2. The minimum absolute atomic E-state index is 0.0791. The zero-order valence-corrected chi connectivity index (χ0v) is 18.6. The molecule has 0 amide bonds. The molecule has 0 radical (unpaired) electrons. The predicted molar refractivity (Wildman–Crippen MR) is 123 cm³/mol. The Morgan fingerprint density at radius 2 is 1.00 bits per heavy atom. The molecule has 4 rings (SSSR count). The topological polar surface area (TPSA) is 6.48 Å². The van der Waals surface area contributed by atoms with Crippen molar-refractivity contribution in [2.75, 3.05) is 26.2 Å². The summed E-state index contributed by atoms with van der Waals surface area (Å²) in [7, 11) is 0. The highest BCUT2D eigenvalue weighted by Gasteiger charge is 2.22. The summed E-state index contributed by atoms with van der Waals surface area (Å²) < 4.78 is 27.7. The molecule has 2 aromatic carbocycles. The van der Waals surface area contributed by atoms with Crippen LogP contribution >= 0.6 is 0 Å². The lowest BCUT2D eigenvalue weighted by Gasteiger charge is -2.33. The van der Waals surface area contributed by atoms with E-state index < -0.39 is 0 Å². The maximum Gasteiger partial charge on any atom is 0.127 e. The second-order valence-corrected chi connectivity index (χ2v) is 9.55. The van der Waals surface area contributed by atoms with Crippen LogP contribution in [0, 0.1) is 23.5 Å². The van der Waals surface area contributed by atoms with E-state index in [0.29, 0.717) is 0 Å². The Kier molecular flexibility index (Phi) is 8.09.